The lowest BCUT2D eigenvalue weighted by Gasteiger charge is -2.14. The zero-order chi connectivity index (χ0) is 14.5. The molecule has 0 saturated heterocycles. The van der Waals surface area contributed by atoms with Gasteiger partial charge in [-0.15, -0.1) is 0 Å². The van der Waals surface area contributed by atoms with Crippen molar-refractivity contribution in [3.8, 4) is 0 Å². The number of aromatic nitrogens is 2. The SMILES string of the molecule is Cc1nc(Cl)c(C)c(NCCC(C)c2ccccc2)n1. The summed E-state index contributed by atoms with van der Waals surface area (Å²) in [7, 11) is 0. The minimum Gasteiger partial charge on any atom is -0.370 e. The molecule has 0 radical (unpaired) electrons. The molecule has 0 aliphatic heterocycles. The molecule has 0 amide bonds. The normalized spacial score (nSPS) is 12.2. The molecule has 1 aromatic carbocycles. The van der Waals surface area contributed by atoms with Crippen LogP contribution in [0, 0.1) is 13.8 Å². The first-order valence-corrected chi connectivity index (χ1v) is 7.25. The molecule has 106 valence electrons. The van der Waals surface area contributed by atoms with Gasteiger partial charge >= 0.3 is 0 Å². The Balaban J connectivity index is 1.93. The van der Waals surface area contributed by atoms with Gasteiger partial charge in [-0.25, -0.2) is 9.97 Å². The van der Waals surface area contributed by atoms with Gasteiger partial charge < -0.3 is 5.32 Å². The summed E-state index contributed by atoms with van der Waals surface area (Å²) in [5, 5.41) is 3.88. The Morgan fingerprint density at radius 1 is 1.15 bits per heavy atom. The Hall–Kier alpha value is -1.61. The number of anilines is 1. The maximum absolute atomic E-state index is 6.07. The van der Waals surface area contributed by atoms with Gasteiger partial charge in [-0.1, -0.05) is 48.9 Å². The van der Waals surface area contributed by atoms with Crippen molar-refractivity contribution in [2.45, 2.75) is 33.1 Å². The molecule has 0 aliphatic carbocycles. The van der Waals surface area contributed by atoms with Crippen LogP contribution in [0.4, 0.5) is 5.82 Å². The first-order chi connectivity index (χ1) is 9.58. The number of halogens is 1. The standard InChI is InChI=1S/C16H20ClN3/c1-11(14-7-5-4-6-8-14)9-10-18-16-12(2)15(17)19-13(3)20-16/h4-8,11H,9-10H2,1-3H3,(H,18,19,20). The molecule has 0 saturated carbocycles. The van der Waals surface area contributed by atoms with E-state index in [1.165, 1.54) is 5.56 Å². The van der Waals surface area contributed by atoms with E-state index < -0.39 is 0 Å². The Kier molecular flexibility index (Phi) is 4.96. The highest BCUT2D eigenvalue weighted by atomic mass is 35.5. The lowest BCUT2D eigenvalue weighted by molar-refractivity contribution is 0.704. The first kappa shape index (κ1) is 14.8. The predicted molar refractivity (Wildman–Crippen MR) is 84.5 cm³/mol. The third-order valence-electron chi connectivity index (χ3n) is 3.44. The summed E-state index contributed by atoms with van der Waals surface area (Å²) in [6.45, 7) is 6.89. The van der Waals surface area contributed by atoms with Crippen molar-refractivity contribution in [3.63, 3.8) is 0 Å². The van der Waals surface area contributed by atoms with Gasteiger partial charge in [0.15, 0.2) is 0 Å². The van der Waals surface area contributed by atoms with E-state index in [4.69, 9.17) is 11.6 Å². The maximum Gasteiger partial charge on any atom is 0.137 e. The van der Waals surface area contributed by atoms with E-state index in [1.807, 2.05) is 19.9 Å². The molecule has 20 heavy (non-hydrogen) atoms. The van der Waals surface area contributed by atoms with Crippen LogP contribution < -0.4 is 5.32 Å². The summed E-state index contributed by atoms with van der Waals surface area (Å²) >= 11 is 6.07. The van der Waals surface area contributed by atoms with E-state index in [1.54, 1.807) is 0 Å². The lowest BCUT2D eigenvalue weighted by Crippen LogP contribution is -2.09. The van der Waals surface area contributed by atoms with Crippen LogP contribution in [0.1, 0.15) is 36.2 Å². The number of benzene rings is 1. The second-order valence-corrected chi connectivity index (χ2v) is 5.42. The second kappa shape index (κ2) is 6.71. The molecule has 0 bridgehead atoms. The molecule has 0 aliphatic rings. The topological polar surface area (TPSA) is 37.8 Å². The maximum atomic E-state index is 6.07. The highest BCUT2D eigenvalue weighted by molar-refractivity contribution is 6.30. The molecular formula is C16H20ClN3. The summed E-state index contributed by atoms with van der Waals surface area (Å²) in [5.41, 5.74) is 2.27. The van der Waals surface area contributed by atoms with E-state index in [-0.39, 0.29) is 0 Å². The van der Waals surface area contributed by atoms with E-state index in [0.717, 1.165) is 24.3 Å². The van der Waals surface area contributed by atoms with Crippen LogP contribution in [0.5, 0.6) is 0 Å². The van der Waals surface area contributed by atoms with Gasteiger partial charge in [0.2, 0.25) is 0 Å². The van der Waals surface area contributed by atoms with Crippen LogP contribution in [-0.4, -0.2) is 16.5 Å². The minimum absolute atomic E-state index is 0.516. The summed E-state index contributed by atoms with van der Waals surface area (Å²) in [6.07, 6.45) is 1.05. The highest BCUT2D eigenvalue weighted by Crippen LogP contribution is 2.21. The van der Waals surface area contributed by atoms with E-state index >= 15 is 0 Å². The van der Waals surface area contributed by atoms with Crippen molar-refractivity contribution in [3.05, 3.63) is 52.4 Å². The number of hydrogen-bond donors (Lipinski definition) is 1. The van der Waals surface area contributed by atoms with Crippen molar-refractivity contribution in [1.82, 2.24) is 9.97 Å². The smallest absolute Gasteiger partial charge is 0.137 e. The van der Waals surface area contributed by atoms with Crippen LogP contribution in [0.25, 0.3) is 0 Å². The summed E-state index contributed by atoms with van der Waals surface area (Å²) in [5.74, 6) is 2.05. The van der Waals surface area contributed by atoms with Crippen LogP contribution in [0.15, 0.2) is 30.3 Å². The van der Waals surface area contributed by atoms with Crippen LogP contribution in [-0.2, 0) is 0 Å². The Labute approximate surface area is 125 Å². The molecule has 2 aromatic rings. The minimum atomic E-state index is 0.516. The fourth-order valence-corrected chi connectivity index (χ4v) is 2.33. The summed E-state index contributed by atoms with van der Waals surface area (Å²) in [4.78, 5) is 8.54. The Morgan fingerprint density at radius 3 is 2.55 bits per heavy atom. The fourth-order valence-electron chi connectivity index (χ4n) is 2.12. The van der Waals surface area contributed by atoms with Crippen LogP contribution in [0.2, 0.25) is 5.15 Å². The van der Waals surface area contributed by atoms with Gasteiger partial charge in [-0.2, -0.15) is 0 Å². The molecule has 0 fully saturated rings. The number of hydrogen-bond acceptors (Lipinski definition) is 3. The molecular weight excluding hydrogens is 270 g/mol. The Morgan fingerprint density at radius 2 is 1.85 bits per heavy atom. The van der Waals surface area contributed by atoms with Crippen molar-refractivity contribution in [2.75, 3.05) is 11.9 Å². The average molecular weight is 290 g/mol. The average Bonchev–Trinajstić information content (AvgIpc) is 2.44. The zero-order valence-electron chi connectivity index (χ0n) is 12.2. The first-order valence-electron chi connectivity index (χ1n) is 6.87. The van der Waals surface area contributed by atoms with Crippen molar-refractivity contribution < 1.29 is 0 Å². The van der Waals surface area contributed by atoms with Crippen LogP contribution in [0.3, 0.4) is 0 Å². The van der Waals surface area contributed by atoms with Gasteiger partial charge in [0, 0.05) is 12.1 Å². The largest absolute Gasteiger partial charge is 0.370 e. The van der Waals surface area contributed by atoms with E-state index in [2.05, 4.69) is 46.5 Å². The van der Waals surface area contributed by atoms with Crippen molar-refractivity contribution >= 4 is 17.4 Å². The van der Waals surface area contributed by atoms with Crippen LogP contribution >= 0.6 is 11.6 Å². The van der Waals surface area contributed by atoms with Crippen molar-refractivity contribution in [2.24, 2.45) is 0 Å². The number of nitrogens with one attached hydrogen (secondary N) is 1. The third-order valence-corrected chi connectivity index (χ3v) is 3.80. The zero-order valence-corrected chi connectivity index (χ0v) is 12.9. The van der Waals surface area contributed by atoms with Gasteiger partial charge in [0.05, 0.1) is 0 Å². The molecule has 1 N–H and O–H groups in total. The molecule has 1 atom stereocenters. The van der Waals surface area contributed by atoms with Gasteiger partial charge in [-0.3, -0.25) is 0 Å². The van der Waals surface area contributed by atoms with Gasteiger partial charge in [-0.05, 0) is 31.7 Å². The fraction of sp³-hybridized carbons (Fsp3) is 0.375. The van der Waals surface area contributed by atoms with E-state index in [0.29, 0.717) is 16.9 Å². The quantitative estimate of drug-likeness (QED) is 0.832. The molecule has 1 unspecified atom stereocenters. The van der Waals surface area contributed by atoms with Crippen molar-refractivity contribution in [1.29, 1.82) is 0 Å². The molecule has 0 spiro atoms. The third kappa shape index (κ3) is 3.70. The van der Waals surface area contributed by atoms with E-state index in [9.17, 15) is 0 Å². The lowest BCUT2D eigenvalue weighted by atomic mass is 9.98. The Bertz CT molecular complexity index is 569. The number of rotatable bonds is 5. The molecule has 1 heterocycles. The molecule has 4 heteroatoms. The number of aryl methyl sites for hydroxylation is 1. The summed E-state index contributed by atoms with van der Waals surface area (Å²) in [6, 6.07) is 10.5. The monoisotopic (exact) mass is 289 g/mol. The molecule has 3 nitrogen and oxygen atoms in total. The predicted octanol–water partition coefficient (Wildman–Crippen LogP) is 4.35. The van der Waals surface area contributed by atoms with Gasteiger partial charge in [0.1, 0.15) is 16.8 Å². The highest BCUT2D eigenvalue weighted by Gasteiger charge is 2.08. The second-order valence-electron chi connectivity index (χ2n) is 5.06. The summed E-state index contributed by atoms with van der Waals surface area (Å²) < 4.78 is 0. The number of nitrogens with zero attached hydrogens (tertiary/aromatic N) is 2. The molecule has 1 aromatic heterocycles. The van der Waals surface area contributed by atoms with Gasteiger partial charge in [0.25, 0.3) is 0 Å². The molecule has 2 rings (SSSR count).